The lowest BCUT2D eigenvalue weighted by atomic mass is 10.1. The Balaban J connectivity index is 2.49. The average molecular weight is 287 g/mol. The van der Waals surface area contributed by atoms with Crippen LogP contribution in [0.5, 0.6) is 0 Å². The number of nitrogens with one attached hydrogen (secondary N) is 1. The molecule has 0 radical (unpaired) electrons. The Morgan fingerprint density at radius 3 is 2.81 bits per heavy atom. The second-order valence-corrected chi connectivity index (χ2v) is 4.16. The van der Waals surface area contributed by atoms with Crippen molar-refractivity contribution in [1.82, 2.24) is 9.88 Å². The fourth-order valence-electron chi connectivity index (χ4n) is 1.65. The minimum absolute atomic E-state index is 0.276. The van der Waals surface area contributed by atoms with Crippen molar-refractivity contribution in [3.63, 3.8) is 0 Å². The van der Waals surface area contributed by atoms with Crippen molar-refractivity contribution in [1.29, 1.82) is 0 Å². The minimum Gasteiger partial charge on any atom is -0.481 e. The molecular weight excluding hydrogens is 280 g/mol. The second-order valence-electron chi connectivity index (χ2n) is 3.34. The van der Waals surface area contributed by atoms with E-state index in [9.17, 15) is 14.4 Å². The van der Waals surface area contributed by atoms with E-state index in [1.165, 1.54) is 10.6 Å². The lowest BCUT2D eigenvalue weighted by Gasteiger charge is -2.24. The first kappa shape index (κ1) is 10.9. The molecule has 2 rings (SSSR count). The van der Waals surface area contributed by atoms with Crippen LogP contribution >= 0.6 is 15.9 Å². The van der Waals surface area contributed by atoms with Gasteiger partial charge in [0.2, 0.25) is 0 Å². The number of carboxylic acids is 1. The first-order chi connectivity index (χ1) is 7.50. The lowest BCUT2D eigenvalue weighted by Crippen LogP contribution is -2.44. The largest absolute Gasteiger partial charge is 0.481 e. The highest BCUT2D eigenvalue weighted by atomic mass is 79.9. The van der Waals surface area contributed by atoms with Crippen molar-refractivity contribution in [2.45, 2.75) is 12.5 Å². The van der Waals surface area contributed by atoms with Crippen molar-refractivity contribution in [2.75, 3.05) is 0 Å². The van der Waals surface area contributed by atoms with Gasteiger partial charge in [-0.3, -0.25) is 19.7 Å². The zero-order valence-electron chi connectivity index (χ0n) is 7.94. The van der Waals surface area contributed by atoms with Crippen LogP contribution in [0.15, 0.2) is 16.7 Å². The fraction of sp³-hybridized carbons (Fsp3) is 0.222. The van der Waals surface area contributed by atoms with Gasteiger partial charge in [0.15, 0.2) is 0 Å². The van der Waals surface area contributed by atoms with Gasteiger partial charge < -0.3 is 9.67 Å². The number of rotatable bonds is 2. The number of carboxylic acid groups (broad SMARTS) is 1. The summed E-state index contributed by atoms with van der Waals surface area (Å²) in [7, 11) is 0. The summed E-state index contributed by atoms with van der Waals surface area (Å²) >= 11 is 3.18. The molecule has 0 saturated heterocycles. The van der Waals surface area contributed by atoms with Crippen LogP contribution in [0.4, 0.5) is 0 Å². The number of aromatic nitrogens is 1. The summed E-state index contributed by atoms with van der Waals surface area (Å²) in [6.07, 6.45) is -0.362. The topological polar surface area (TPSA) is 88.4 Å². The smallest absolute Gasteiger partial charge is 0.306 e. The average Bonchev–Trinajstić information content (AvgIpc) is 2.55. The zero-order valence-corrected chi connectivity index (χ0v) is 9.52. The third kappa shape index (κ3) is 1.63. The molecule has 1 atom stereocenters. The molecule has 16 heavy (non-hydrogen) atoms. The molecule has 1 aromatic heterocycles. The van der Waals surface area contributed by atoms with E-state index in [0.29, 0.717) is 4.60 Å². The van der Waals surface area contributed by atoms with Gasteiger partial charge in [0.1, 0.15) is 11.7 Å². The number of imide groups is 1. The monoisotopic (exact) mass is 286 g/mol. The fourth-order valence-corrected chi connectivity index (χ4v) is 2.22. The number of carbonyl (C=O) groups is 3. The zero-order chi connectivity index (χ0) is 11.9. The van der Waals surface area contributed by atoms with Gasteiger partial charge in [-0.2, -0.15) is 0 Å². The van der Waals surface area contributed by atoms with Gasteiger partial charge in [-0.1, -0.05) is 0 Å². The van der Waals surface area contributed by atoms with E-state index in [0.717, 1.165) is 0 Å². The van der Waals surface area contributed by atoms with Crippen LogP contribution in [0.3, 0.4) is 0 Å². The molecule has 1 aromatic rings. The van der Waals surface area contributed by atoms with Gasteiger partial charge in [-0.25, -0.2) is 0 Å². The molecule has 0 aliphatic carbocycles. The molecule has 2 amide bonds. The first-order valence-corrected chi connectivity index (χ1v) is 5.23. The molecule has 1 aliphatic rings. The Hall–Kier alpha value is -1.63. The highest BCUT2D eigenvalue weighted by Crippen LogP contribution is 2.26. The van der Waals surface area contributed by atoms with E-state index >= 15 is 0 Å². The van der Waals surface area contributed by atoms with Gasteiger partial charge in [0.25, 0.3) is 11.8 Å². The summed E-state index contributed by atoms with van der Waals surface area (Å²) in [5.41, 5.74) is 0.276. The molecule has 0 unspecified atom stereocenters. The SMILES string of the molecule is O=C(O)C[C@H]1C(=O)NC(=O)c2ccc(Br)n21. The normalized spacial score (nSPS) is 19.2. The number of nitrogens with zero attached hydrogens (tertiary/aromatic N) is 1. The molecule has 6 nitrogen and oxygen atoms in total. The minimum atomic E-state index is -1.10. The molecule has 0 aromatic carbocycles. The Labute approximate surface area is 98.4 Å². The summed E-state index contributed by atoms with van der Waals surface area (Å²) in [4.78, 5) is 33.6. The molecule has 0 saturated carbocycles. The number of amides is 2. The molecule has 2 heterocycles. The number of hydrogen-bond donors (Lipinski definition) is 2. The molecule has 0 spiro atoms. The predicted molar refractivity (Wildman–Crippen MR) is 55.9 cm³/mol. The summed E-state index contributed by atoms with van der Waals surface area (Å²) in [6.45, 7) is 0. The molecule has 2 N–H and O–H groups in total. The summed E-state index contributed by atoms with van der Waals surface area (Å²) < 4.78 is 1.90. The molecular formula is C9H7BrN2O4. The van der Waals surface area contributed by atoms with Crippen LogP contribution < -0.4 is 5.32 Å². The van der Waals surface area contributed by atoms with E-state index in [4.69, 9.17) is 5.11 Å². The van der Waals surface area contributed by atoms with E-state index in [1.807, 2.05) is 0 Å². The molecule has 0 fully saturated rings. The van der Waals surface area contributed by atoms with Gasteiger partial charge in [0, 0.05) is 0 Å². The Morgan fingerprint density at radius 2 is 2.19 bits per heavy atom. The van der Waals surface area contributed by atoms with Gasteiger partial charge in [-0.15, -0.1) is 0 Å². The summed E-state index contributed by atoms with van der Waals surface area (Å²) in [5, 5.41) is 10.8. The third-order valence-electron chi connectivity index (χ3n) is 2.32. The highest BCUT2D eigenvalue weighted by molar-refractivity contribution is 9.10. The number of fused-ring (bicyclic) bond motifs is 1. The summed E-state index contributed by atoms with van der Waals surface area (Å²) in [5.74, 6) is -2.21. The summed E-state index contributed by atoms with van der Waals surface area (Å²) in [6, 6.07) is 2.23. The maximum absolute atomic E-state index is 11.5. The van der Waals surface area contributed by atoms with Gasteiger partial charge >= 0.3 is 5.97 Å². The van der Waals surface area contributed by atoms with E-state index in [2.05, 4.69) is 21.2 Å². The Kier molecular flexibility index (Phi) is 2.55. The van der Waals surface area contributed by atoms with Crippen LogP contribution in [-0.4, -0.2) is 27.5 Å². The number of halogens is 1. The second kappa shape index (κ2) is 3.75. The van der Waals surface area contributed by atoms with Crippen LogP contribution in [0.25, 0.3) is 0 Å². The van der Waals surface area contributed by atoms with Crippen LogP contribution in [0, 0.1) is 0 Å². The quantitative estimate of drug-likeness (QED) is 0.777. The van der Waals surface area contributed by atoms with Gasteiger partial charge in [0.05, 0.1) is 11.0 Å². The first-order valence-electron chi connectivity index (χ1n) is 4.44. The maximum Gasteiger partial charge on any atom is 0.306 e. The van der Waals surface area contributed by atoms with Crippen molar-refractivity contribution in [3.05, 3.63) is 22.4 Å². The lowest BCUT2D eigenvalue weighted by molar-refractivity contribution is -0.140. The van der Waals surface area contributed by atoms with Crippen molar-refractivity contribution in [3.8, 4) is 0 Å². The third-order valence-corrected chi connectivity index (χ3v) is 2.97. The standard InChI is InChI=1S/C9H7BrN2O4/c10-6-2-1-4-8(15)11-9(16)5(12(4)6)3-7(13)14/h1-2,5H,3H2,(H,13,14)(H,11,15,16)/t5-/m0/s1. The number of carbonyl (C=O) groups excluding carboxylic acids is 2. The van der Waals surface area contributed by atoms with Crippen molar-refractivity contribution in [2.24, 2.45) is 0 Å². The number of hydrogen-bond acceptors (Lipinski definition) is 3. The van der Waals surface area contributed by atoms with Crippen molar-refractivity contribution >= 4 is 33.7 Å². The Morgan fingerprint density at radius 1 is 1.50 bits per heavy atom. The molecule has 0 bridgehead atoms. The van der Waals surface area contributed by atoms with Crippen LogP contribution in [-0.2, 0) is 9.59 Å². The number of aliphatic carboxylic acids is 1. The van der Waals surface area contributed by atoms with Crippen molar-refractivity contribution < 1.29 is 19.5 Å². The van der Waals surface area contributed by atoms with Crippen LogP contribution in [0.2, 0.25) is 0 Å². The maximum atomic E-state index is 11.5. The van der Waals surface area contributed by atoms with E-state index < -0.39 is 23.8 Å². The van der Waals surface area contributed by atoms with E-state index in [-0.39, 0.29) is 12.1 Å². The highest BCUT2D eigenvalue weighted by Gasteiger charge is 2.34. The molecule has 1 aliphatic heterocycles. The molecule has 84 valence electrons. The molecule has 7 heteroatoms. The van der Waals surface area contributed by atoms with Gasteiger partial charge in [-0.05, 0) is 28.1 Å². The predicted octanol–water partition coefficient (Wildman–Crippen LogP) is 0.536. The van der Waals surface area contributed by atoms with Crippen LogP contribution in [0.1, 0.15) is 23.0 Å². The van der Waals surface area contributed by atoms with E-state index in [1.54, 1.807) is 6.07 Å². The Bertz CT molecular complexity index is 494.